The van der Waals surface area contributed by atoms with Gasteiger partial charge in [0.05, 0.1) is 12.1 Å². The molecule has 0 aromatic heterocycles. The molecule has 228 valence electrons. The van der Waals surface area contributed by atoms with E-state index in [1.54, 1.807) is 0 Å². The SMILES string of the molecule is CCCCCCCCCCCCCCCC(=O)N1CC[C@]2(C(=O)N(Cc3ccccc3)c3ccccc32)C12CCCC2. The Kier molecular flexibility index (Phi) is 10.8. The Hall–Kier alpha value is -2.62. The Bertz CT molecular complexity index is 1150. The minimum atomic E-state index is -0.611. The summed E-state index contributed by atoms with van der Waals surface area (Å²) >= 11 is 0. The third-order valence-electron chi connectivity index (χ3n) is 10.7. The molecular formula is C38H54N2O2. The Morgan fingerprint density at radius 3 is 1.93 bits per heavy atom. The van der Waals surface area contributed by atoms with Gasteiger partial charge in [-0.2, -0.15) is 0 Å². The number of carbonyl (C=O) groups excluding carboxylic acids is 2. The number of amides is 2. The quantitative estimate of drug-likeness (QED) is 0.189. The first-order chi connectivity index (χ1) is 20.6. The predicted octanol–water partition coefficient (Wildman–Crippen LogP) is 9.50. The first-order valence-corrected chi connectivity index (χ1v) is 17.4. The number of likely N-dealkylation sites (tertiary alicyclic amines) is 1. The Morgan fingerprint density at radius 1 is 0.714 bits per heavy atom. The maximum Gasteiger partial charge on any atom is 0.240 e. The number of rotatable bonds is 16. The van der Waals surface area contributed by atoms with Crippen molar-refractivity contribution in [2.24, 2.45) is 0 Å². The second-order valence-electron chi connectivity index (χ2n) is 13.3. The highest BCUT2D eigenvalue weighted by molar-refractivity contribution is 6.10. The van der Waals surface area contributed by atoms with E-state index in [1.165, 1.54) is 70.6 Å². The molecule has 2 aliphatic heterocycles. The van der Waals surface area contributed by atoms with Crippen LogP contribution >= 0.6 is 0 Å². The maximum absolute atomic E-state index is 14.6. The van der Waals surface area contributed by atoms with Crippen molar-refractivity contribution in [3.63, 3.8) is 0 Å². The van der Waals surface area contributed by atoms with E-state index in [9.17, 15) is 9.59 Å². The summed E-state index contributed by atoms with van der Waals surface area (Å²) in [7, 11) is 0. The van der Waals surface area contributed by atoms with Crippen LogP contribution in [0.25, 0.3) is 0 Å². The molecule has 2 fully saturated rings. The number of para-hydroxylation sites is 1. The summed E-state index contributed by atoms with van der Waals surface area (Å²) in [5.41, 5.74) is 2.36. The number of benzene rings is 2. The van der Waals surface area contributed by atoms with Gasteiger partial charge in [0.15, 0.2) is 0 Å². The third kappa shape index (κ3) is 6.19. The van der Waals surface area contributed by atoms with E-state index in [1.807, 2.05) is 23.1 Å². The molecule has 1 aliphatic carbocycles. The van der Waals surface area contributed by atoms with Gasteiger partial charge in [-0.3, -0.25) is 9.59 Å². The lowest BCUT2D eigenvalue weighted by atomic mass is 9.65. The molecule has 3 aliphatic rings. The molecule has 0 bridgehead atoms. The summed E-state index contributed by atoms with van der Waals surface area (Å²) in [6.07, 6.45) is 22.5. The molecule has 42 heavy (non-hydrogen) atoms. The minimum Gasteiger partial charge on any atom is -0.336 e. The van der Waals surface area contributed by atoms with E-state index >= 15 is 0 Å². The van der Waals surface area contributed by atoms with Crippen molar-refractivity contribution >= 4 is 17.5 Å². The van der Waals surface area contributed by atoms with Gasteiger partial charge in [-0.25, -0.2) is 0 Å². The molecule has 2 aromatic rings. The lowest BCUT2D eigenvalue weighted by molar-refractivity contribution is -0.139. The Morgan fingerprint density at radius 2 is 1.29 bits per heavy atom. The van der Waals surface area contributed by atoms with Crippen LogP contribution in [-0.4, -0.2) is 28.8 Å². The average molecular weight is 571 g/mol. The fourth-order valence-corrected chi connectivity index (χ4v) is 8.54. The fourth-order valence-electron chi connectivity index (χ4n) is 8.54. The van der Waals surface area contributed by atoms with Crippen LogP contribution in [0.4, 0.5) is 5.69 Å². The zero-order chi connectivity index (χ0) is 29.3. The first-order valence-electron chi connectivity index (χ1n) is 17.4. The summed E-state index contributed by atoms with van der Waals surface area (Å²) in [4.78, 5) is 32.6. The Labute approximate surface area is 255 Å². The summed E-state index contributed by atoms with van der Waals surface area (Å²) in [5, 5.41) is 0. The number of fused-ring (bicyclic) bond motifs is 3. The number of carbonyl (C=O) groups is 2. The van der Waals surface area contributed by atoms with Gasteiger partial charge < -0.3 is 9.80 Å². The summed E-state index contributed by atoms with van der Waals surface area (Å²) in [6.45, 7) is 3.57. The molecule has 2 spiro atoms. The van der Waals surface area contributed by atoms with Gasteiger partial charge in [-0.1, -0.05) is 145 Å². The lowest BCUT2D eigenvalue weighted by Crippen LogP contribution is -2.59. The Balaban J connectivity index is 1.16. The van der Waals surface area contributed by atoms with Crippen LogP contribution in [0.3, 0.4) is 0 Å². The zero-order valence-electron chi connectivity index (χ0n) is 26.3. The van der Waals surface area contributed by atoms with Gasteiger partial charge in [0.1, 0.15) is 5.41 Å². The van der Waals surface area contributed by atoms with Crippen molar-refractivity contribution in [2.75, 3.05) is 11.4 Å². The van der Waals surface area contributed by atoms with Gasteiger partial charge in [0.25, 0.3) is 0 Å². The van der Waals surface area contributed by atoms with E-state index in [-0.39, 0.29) is 17.4 Å². The van der Waals surface area contributed by atoms with Gasteiger partial charge in [0, 0.05) is 18.7 Å². The second kappa shape index (κ2) is 14.7. The number of unbranched alkanes of at least 4 members (excludes halogenated alkanes) is 12. The highest BCUT2D eigenvalue weighted by Crippen LogP contribution is 2.61. The number of hydrogen-bond donors (Lipinski definition) is 0. The molecule has 5 rings (SSSR count). The first kappa shape index (κ1) is 30.8. The number of hydrogen-bond acceptors (Lipinski definition) is 2. The monoisotopic (exact) mass is 570 g/mol. The summed E-state index contributed by atoms with van der Waals surface area (Å²) in [5.74, 6) is 0.495. The molecular weight excluding hydrogens is 516 g/mol. The van der Waals surface area contributed by atoms with Crippen molar-refractivity contribution in [1.29, 1.82) is 0 Å². The number of nitrogens with zero attached hydrogens (tertiary/aromatic N) is 2. The molecule has 2 aromatic carbocycles. The molecule has 2 amide bonds. The van der Waals surface area contributed by atoms with Crippen molar-refractivity contribution < 1.29 is 9.59 Å². The summed E-state index contributed by atoms with van der Waals surface area (Å²) < 4.78 is 0. The van der Waals surface area contributed by atoms with Gasteiger partial charge in [-0.15, -0.1) is 0 Å². The normalized spacial score (nSPS) is 20.7. The van der Waals surface area contributed by atoms with Crippen LogP contribution < -0.4 is 4.90 Å². The van der Waals surface area contributed by atoms with E-state index < -0.39 is 5.41 Å². The van der Waals surface area contributed by atoms with Crippen LogP contribution in [0.5, 0.6) is 0 Å². The molecule has 0 N–H and O–H groups in total. The van der Waals surface area contributed by atoms with Crippen molar-refractivity contribution in [3.8, 4) is 0 Å². The van der Waals surface area contributed by atoms with Gasteiger partial charge in [-0.05, 0) is 42.9 Å². The smallest absolute Gasteiger partial charge is 0.240 e. The van der Waals surface area contributed by atoms with Crippen molar-refractivity contribution in [3.05, 3.63) is 65.7 Å². The average Bonchev–Trinajstić information content (AvgIpc) is 3.70. The largest absolute Gasteiger partial charge is 0.336 e. The van der Waals surface area contributed by atoms with Crippen LogP contribution in [-0.2, 0) is 21.5 Å². The van der Waals surface area contributed by atoms with Crippen LogP contribution in [0, 0.1) is 0 Å². The molecule has 4 heteroatoms. The van der Waals surface area contributed by atoms with Crippen LogP contribution in [0.2, 0.25) is 0 Å². The molecule has 4 nitrogen and oxygen atoms in total. The molecule has 2 heterocycles. The standard InChI is InChI=1S/C38H54N2O2/c1-2-3-4-5-6-7-8-9-10-11-12-13-17-26-35(41)40-30-29-38(37(40)27-20-21-28-37)33-24-18-19-25-34(33)39(36(38)42)31-32-22-15-14-16-23-32/h14-16,18-19,22-25H,2-13,17,20-21,26-31H2,1H3/t38-/m0/s1. The van der Waals surface area contributed by atoms with E-state index in [0.717, 1.165) is 61.8 Å². The lowest BCUT2D eigenvalue weighted by Gasteiger charge is -2.45. The highest BCUT2D eigenvalue weighted by atomic mass is 16.2. The zero-order valence-corrected chi connectivity index (χ0v) is 26.3. The molecule has 0 unspecified atom stereocenters. The second-order valence-corrected chi connectivity index (χ2v) is 13.3. The van der Waals surface area contributed by atoms with E-state index in [0.29, 0.717) is 19.5 Å². The predicted molar refractivity (Wildman–Crippen MR) is 174 cm³/mol. The minimum absolute atomic E-state index is 0.214. The van der Waals surface area contributed by atoms with Gasteiger partial charge in [0.2, 0.25) is 11.8 Å². The fraction of sp³-hybridized carbons (Fsp3) is 0.632. The number of anilines is 1. The van der Waals surface area contributed by atoms with E-state index in [4.69, 9.17) is 0 Å². The molecule has 1 saturated carbocycles. The summed E-state index contributed by atoms with van der Waals surface area (Å²) in [6, 6.07) is 18.8. The molecule has 1 atom stereocenters. The molecule has 1 saturated heterocycles. The third-order valence-corrected chi connectivity index (χ3v) is 10.7. The topological polar surface area (TPSA) is 40.6 Å². The maximum atomic E-state index is 14.6. The van der Waals surface area contributed by atoms with E-state index in [2.05, 4.69) is 48.2 Å². The van der Waals surface area contributed by atoms with Gasteiger partial charge >= 0.3 is 0 Å². The van der Waals surface area contributed by atoms with Crippen LogP contribution in [0.1, 0.15) is 140 Å². The van der Waals surface area contributed by atoms with Crippen LogP contribution in [0.15, 0.2) is 54.6 Å². The van der Waals surface area contributed by atoms with Crippen molar-refractivity contribution in [2.45, 2.75) is 146 Å². The van der Waals surface area contributed by atoms with Crippen molar-refractivity contribution in [1.82, 2.24) is 4.90 Å². The highest BCUT2D eigenvalue weighted by Gasteiger charge is 2.69. The molecule has 0 radical (unpaired) electrons.